The minimum absolute atomic E-state index is 0.112. The number of likely N-dealkylation sites (tertiary alicyclic amines) is 1. The van der Waals surface area contributed by atoms with E-state index in [-0.39, 0.29) is 12.3 Å². The Bertz CT molecular complexity index is 794. The van der Waals surface area contributed by atoms with Gasteiger partial charge in [0.25, 0.3) is 0 Å². The van der Waals surface area contributed by atoms with Gasteiger partial charge in [-0.2, -0.15) is 0 Å². The van der Waals surface area contributed by atoms with Crippen LogP contribution in [0, 0.1) is 0 Å². The fraction of sp³-hybridized carbons (Fsp3) is 0.211. The molecule has 5 heteroatoms. The van der Waals surface area contributed by atoms with E-state index in [0.29, 0.717) is 5.56 Å². The summed E-state index contributed by atoms with van der Waals surface area (Å²) in [5.41, 5.74) is 1.25. The number of amides is 2. The highest BCUT2D eigenvalue weighted by Crippen LogP contribution is 2.39. The van der Waals surface area contributed by atoms with Crippen LogP contribution in [0.3, 0.4) is 0 Å². The van der Waals surface area contributed by atoms with Crippen molar-refractivity contribution in [1.29, 1.82) is 0 Å². The maximum atomic E-state index is 12.6. The summed E-state index contributed by atoms with van der Waals surface area (Å²) in [4.78, 5) is 36.8. The molecular weight excluding hydrogens is 306 g/mol. The van der Waals surface area contributed by atoms with Crippen LogP contribution in [0.2, 0.25) is 0 Å². The van der Waals surface area contributed by atoms with Gasteiger partial charge in [-0.25, -0.2) is 0 Å². The number of hydrogen-bond donors (Lipinski definition) is 1. The number of hydrogen-bond acceptors (Lipinski definition) is 3. The average molecular weight is 323 g/mol. The van der Waals surface area contributed by atoms with Crippen LogP contribution in [0.15, 0.2) is 54.6 Å². The average Bonchev–Trinajstić information content (AvgIpc) is 2.80. The van der Waals surface area contributed by atoms with Gasteiger partial charge < -0.3 is 5.11 Å². The molecule has 0 aliphatic carbocycles. The van der Waals surface area contributed by atoms with Crippen molar-refractivity contribution in [3.8, 4) is 11.1 Å². The maximum Gasteiger partial charge on any atom is 0.304 e. The third-order valence-electron chi connectivity index (χ3n) is 4.54. The van der Waals surface area contributed by atoms with Gasteiger partial charge in [-0.1, -0.05) is 54.6 Å². The second-order valence-electron chi connectivity index (χ2n) is 6.03. The summed E-state index contributed by atoms with van der Waals surface area (Å²) in [6, 6.07) is 16.9. The zero-order valence-electron chi connectivity index (χ0n) is 13.2. The first-order chi connectivity index (χ1) is 11.4. The van der Waals surface area contributed by atoms with Crippen LogP contribution in [0.5, 0.6) is 0 Å². The van der Waals surface area contributed by atoms with Crippen LogP contribution in [0.1, 0.15) is 18.4 Å². The minimum Gasteiger partial charge on any atom is -0.481 e. The molecule has 1 saturated heterocycles. The predicted octanol–water partition coefficient (Wildman–Crippen LogP) is 2.45. The van der Waals surface area contributed by atoms with Crippen LogP contribution in [0.25, 0.3) is 11.1 Å². The zero-order chi connectivity index (χ0) is 17.3. The Morgan fingerprint density at radius 1 is 1.04 bits per heavy atom. The number of nitrogens with zero attached hydrogens (tertiary/aromatic N) is 1. The Kier molecular flexibility index (Phi) is 3.93. The molecule has 0 saturated carbocycles. The first-order valence-corrected chi connectivity index (χ1v) is 7.63. The second-order valence-corrected chi connectivity index (χ2v) is 6.03. The van der Waals surface area contributed by atoms with E-state index < -0.39 is 23.7 Å². The standard InChI is InChI=1S/C19H17NO4/c1-20-16(21)11-19(18(20)24,12-17(22)23)15-9-7-14(8-10-15)13-5-3-2-4-6-13/h2-10H,11-12H2,1H3,(H,22,23)/t19-/m1/s1. The molecule has 0 bridgehead atoms. The van der Waals surface area contributed by atoms with Crippen LogP contribution < -0.4 is 0 Å². The lowest BCUT2D eigenvalue weighted by atomic mass is 9.75. The third-order valence-corrected chi connectivity index (χ3v) is 4.54. The largest absolute Gasteiger partial charge is 0.481 e. The molecule has 1 aliphatic rings. The van der Waals surface area contributed by atoms with E-state index in [9.17, 15) is 19.5 Å². The number of rotatable bonds is 4. The van der Waals surface area contributed by atoms with E-state index in [0.717, 1.165) is 16.0 Å². The van der Waals surface area contributed by atoms with E-state index in [1.165, 1.54) is 7.05 Å². The molecule has 0 radical (unpaired) electrons. The monoisotopic (exact) mass is 323 g/mol. The van der Waals surface area contributed by atoms with E-state index in [1.54, 1.807) is 12.1 Å². The number of benzene rings is 2. The van der Waals surface area contributed by atoms with Crippen molar-refractivity contribution in [2.45, 2.75) is 18.3 Å². The summed E-state index contributed by atoms with van der Waals surface area (Å²) in [5.74, 6) is -1.91. The molecule has 1 fully saturated rings. The number of imide groups is 1. The highest BCUT2D eigenvalue weighted by atomic mass is 16.4. The quantitative estimate of drug-likeness (QED) is 0.877. The summed E-state index contributed by atoms with van der Waals surface area (Å²) < 4.78 is 0. The SMILES string of the molecule is CN1C(=O)C[C@@](CC(=O)O)(c2ccc(-c3ccccc3)cc2)C1=O. The number of likely N-dealkylation sites (N-methyl/N-ethyl adjacent to an activating group) is 1. The van der Waals surface area contributed by atoms with Gasteiger partial charge in [0, 0.05) is 13.5 Å². The van der Waals surface area contributed by atoms with Crippen molar-refractivity contribution in [3.63, 3.8) is 0 Å². The van der Waals surface area contributed by atoms with Gasteiger partial charge in [-0.15, -0.1) is 0 Å². The number of aliphatic carboxylic acids is 1. The first kappa shape index (κ1) is 15.9. The normalized spacial score (nSPS) is 20.5. The number of carbonyl (C=O) groups is 3. The minimum atomic E-state index is -1.31. The molecular formula is C19H17NO4. The summed E-state index contributed by atoms with van der Waals surface area (Å²) >= 11 is 0. The van der Waals surface area contributed by atoms with Crippen molar-refractivity contribution >= 4 is 17.8 Å². The van der Waals surface area contributed by atoms with Crippen LogP contribution in [-0.2, 0) is 19.8 Å². The lowest BCUT2D eigenvalue weighted by Crippen LogP contribution is -2.38. The fourth-order valence-corrected chi connectivity index (χ4v) is 3.22. The summed E-state index contributed by atoms with van der Waals surface area (Å²) in [6.07, 6.45) is -0.508. The molecule has 1 heterocycles. The molecule has 2 amide bonds. The Morgan fingerprint density at radius 2 is 1.62 bits per heavy atom. The molecule has 0 spiro atoms. The van der Waals surface area contributed by atoms with Crippen LogP contribution in [-0.4, -0.2) is 34.8 Å². The number of carboxylic acid groups (broad SMARTS) is 1. The summed E-state index contributed by atoms with van der Waals surface area (Å²) in [6.45, 7) is 0. The highest BCUT2D eigenvalue weighted by Gasteiger charge is 2.52. The van der Waals surface area contributed by atoms with Gasteiger partial charge in [0.2, 0.25) is 11.8 Å². The molecule has 2 aromatic rings. The van der Waals surface area contributed by atoms with Crippen molar-refractivity contribution in [1.82, 2.24) is 4.90 Å². The molecule has 5 nitrogen and oxygen atoms in total. The molecule has 0 aromatic heterocycles. The lowest BCUT2D eigenvalue weighted by molar-refractivity contribution is -0.144. The molecule has 2 aromatic carbocycles. The van der Waals surface area contributed by atoms with Gasteiger partial charge in [-0.3, -0.25) is 19.3 Å². The molecule has 0 unspecified atom stereocenters. The van der Waals surface area contributed by atoms with Gasteiger partial charge in [0.1, 0.15) is 0 Å². The molecule has 122 valence electrons. The second kappa shape index (κ2) is 5.92. The highest BCUT2D eigenvalue weighted by molar-refractivity contribution is 6.10. The van der Waals surface area contributed by atoms with Gasteiger partial charge in [0.05, 0.1) is 11.8 Å². The number of carbonyl (C=O) groups excluding carboxylic acids is 2. The van der Waals surface area contributed by atoms with Crippen molar-refractivity contribution in [2.24, 2.45) is 0 Å². The third kappa shape index (κ3) is 2.58. The predicted molar refractivity (Wildman–Crippen MR) is 88.2 cm³/mol. The first-order valence-electron chi connectivity index (χ1n) is 7.63. The summed E-state index contributed by atoms with van der Waals surface area (Å²) in [7, 11) is 1.40. The Morgan fingerprint density at radius 3 is 2.12 bits per heavy atom. The van der Waals surface area contributed by atoms with Crippen molar-refractivity contribution < 1.29 is 19.5 Å². The number of carboxylic acids is 1. The topological polar surface area (TPSA) is 74.7 Å². The lowest BCUT2D eigenvalue weighted by Gasteiger charge is -2.25. The van der Waals surface area contributed by atoms with E-state index in [1.807, 2.05) is 42.5 Å². The van der Waals surface area contributed by atoms with Gasteiger partial charge in [0.15, 0.2) is 0 Å². The maximum absolute atomic E-state index is 12.6. The Labute approximate surface area is 139 Å². The summed E-state index contributed by atoms with van der Waals surface area (Å²) in [5, 5.41) is 9.24. The Hall–Kier alpha value is -2.95. The zero-order valence-corrected chi connectivity index (χ0v) is 13.2. The molecule has 24 heavy (non-hydrogen) atoms. The van der Waals surface area contributed by atoms with Gasteiger partial charge >= 0.3 is 5.97 Å². The molecule has 1 aliphatic heterocycles. The Balaban J connectivity index is 2.02. The smallest absolute Gasteiger partial charge is 0.304 e. The van der Waals surface area contributed by atoms with Crippen molar-refractivity contribution in [2.75, 3.05) is 7.05 Å². The fourth-order valence-electron chi connectivity index (χ4n) is 3.22. The van der Waals surface area contributed by atoms with E-state index >= 15 is 0 Å². The van der Waals surface area contributed by atoms with Gasteiger partial charge in [-0.05, 0) is 16.7 Å². The van der Waals surface area contributed by atoms with E-state index in [4.69, 9.17) is 0 Å². The van der Waals surface area contributed by atoms with E-state index in [2.05, 4.69) is 0 Å². The van der Waals surface area contributed by atoms with Crippen molar-refractivity contribution in [3.05, 3.63) is 60.2 Å². The van der Waals surface area contributed by atoms with Crippen LogP contribution in [0.4, 0.5) is 0 Å². The molecule has 3 rings (SSSR count). The molecule has 1 atom stereocenters. The molecule has 1 N–H and O–H groups in total. The van der Waals surface area contributed by atoms with Crippen LogP contribution >= 0.6 is 0 Å².